The number of rotatable bonds is 8. The summed E-state index contributed by atoms with van der Waals surface area (Å²) in [4.78, 5) is 28.6. The van der Waals surface area contributed by atoms with Crippen LogP contribution in [0.1, 0.15) is 24.9 Å². The van der Waals surface area contributed by atoms with Crippen LogP contribution in [0.2, 0.25) is 0 Å². The fourth-order valence-corrected chi connectivity index (χ4v) is 3.73. The van der Waals surface area contributed by atoms with Crippen molar-refractivity contribution in [2.75, 3.05) is 19.5 Å². The number of anilines is 1. The maximum atomic E-state index is 12.6. The van der Waals surface area contributed by atoms with Crippen LogP contribution in [0.4, 0.5) is 5.13 Å². The van der Waals surface area contributed by atoms with E-state index in [1.54, 1.807) is 14.2 Å². The third-order valence-corrected chi connectivity index (χ3v) is 5.16. The van der Waals surface area contributed by atoms with Gasteiger partial charge < -0.3 is 20.1 Å². The van der Waals surface area contributed by atoms with Crippen LogP contribution in [0.3, 0.4) is 0 Å². The van der Waals surface area contributed by atoms with Gasteiger partial charge in [-0.2, -0.15) is 0 Å². The van der Waals surface area contributed by atoms with Crippen molar-refractivity contribution in [2.45, 2.75) is 19.4 Å². The van der Waals surface area contributed by atoms with Gasteiger partial charge in [0, 0.05) is 17.9 Å². The van der Waals surface area contributed by atoms with Crippen molar-refractivity contribution < 1.29 is 19.1 Å². The molecule has 0 aliphatic heterocycles. The van der Waals surface area contributed by atoms with Gasteiger partial charge in [0.2, 0.25) is 11.8 Å². The van der Waals surface area contributed by atoms with Crippen molar-refractivity contribution in [1.29, 1.82) is 0 Å². The number of aromatic nitrogens is 1. The summed E-state index contributed by atoms with van der Waals surface area (Å²) in [6, 6.07) is 14.5. The minimum absolute atomic E-state index is 0.106. The Kier molecular flexibility index (Phi) is 7.03. The Labute approximate surface area is 179 Å². The molecule has 1 heterocycles. The molecule has 0 saturated heterocycles. The van der Waals surface area contributed by atoms with Crippen LogP contribution in [0.5, 0.6) is 11.5 Å². The summed E-state index contributed by atoms with van der Waals surface area (Å²) in [7, 11) is 3.16. The Bertz CT molecular complexity index is 1020. The first kappa shape index (κ1) is 21.3. The Morgan fingerprint density at radius 3 is 2.47 bits per heavy atom. The van der Waals surface area contributed by atoms with Crippen LogP contribution in [0.15, 0.2) is 53.9 Å². The van der Waals surface area contributed by atoms with Crippen molar-refractivity contribution in [1.82, 2.24) is 10.3 Å². The lowest BCUT2D eigenvalue weighted by Gasteiger charge is -2.17. The van der Waals surface area contributed by atoms with Gasteiger partial charge in [-0.1, -0.05) is 30.3 Å². The van der Waals surface area contributed by atoms with Crippen molar-refractivity contribution >= 4 is 28.3 Å². The van der Waals surface area contributed by atoms with E-state index in [0.717, 1.165) is 16.8 Å². The molecule has 1 atom stereocenters. The third-order valence-electron chi connectivity index (χ3n) is 4.40. The largest absolute Gasteiger partial charge is 0.493 e. The smallest absolute Gasteiger partial charge is 0.228 e. The average Bonchev–Trinajstić information content (AvgIpc) is 3.21. The lowest BCUT2D eigenvalue weighted by molar-refractivity contribution is -0.120. The highest BCUT2D eigenvalue weighted by molar-refractivity contribution is 7.14. The quantitative estimate of drug-likeness (QED) is 0.569. The van der Waals surface area contributed by atoms with E-state index in [1.807, 2.05) is 53.9 Å². The number of benzene rings is 2. The van der Waals surface area contributed by atoms with E-state index in [1.165, 1.54) is 18.3 Å². The number of hydrogen-bond donors (Lipinski definition) is 2. The Morgan fingerprint density at radius 1 is 1.07 bits per heavy atom. The first-order chi connectivity index (χ1) is 14.5. The predicted molar refractivity (Wildman–Crippen MR) is 117 cm³/mol. The van der Waals surface area contributed by atoms with E-state index < -0.39 is 6.04 Å². The van der Waals surface area contributed by atoms with Crippen molar-refractivity contribution in [3.63, 3.8) is 0 Å². The van der Waals surface area contributed by atoms with Crippen molar-refractivity contribution in [2.24, 2.45) is 0 Å². The molecule has 0 unspecified atom stereocenters. The average molecular weight is 426 g/mol. The molecule has 1 aromatic heterocycles. The number of thiazole rings is 1. The molecular weight excluding hydrogens is 402 g/mol. The lowest BCUT2D eigenvalue weighted by Crippen LogP contribution is -2.29. The summed E-state index contributed by atoms with van der Waals surface area (Å²) in [5.74, 6) is 0.817. The number of methoxy groups -OCH3 is 2. The lowest BCUT2D eigenvalue weighted by atomic mass is 10.0. The van der Waals surface area contributed by atoms with E-state index in [9.17, 15) is 9.59 Å². The third kappa shape index (κ3) is 5.36. The summed E-state index contributed by atoms with van der Waals surface area (Å²) in [6.07, 6.45) is 0.106. The zero-order chi connectivity index (χ0) is 21.5. The Balaban J connectivity index is 1.70. The van der Waals surface area contributed by atoms with Gasteiger partial charge in [-0.3, -0.25) is 9.59 Å². The Morgan fingerprint density at radius 2 is 1.80 bits per heavy atom. The summed E-state index contributed by atoms with van der Waals surface area (Å²) < 4.78 is 10.6. The number of nitrogens with zero attached hydrogens (tertiary/aromatic N) is 1. The van der Waals surface area contributed by atoms with Gasteiger partial charge in [0.05, 0.1) is 32.4 Å². The molecule has 7 nitrogen and oxygen atoms in total. The van der Waals surface area contributed by atoms with E-state index in [0.29, 0.717) is 16.6 Å². The molecular formula is C22H23N3O4S. The van der Waals surface area contributed by atoms with E-state index >= 15 is 0 Å². The first-order valence-corrected chi connectivity index (χ1v) is 10.2. The normalized spacial score (nSPS) is 11.4. The minimum Gasteiger partial charge on any atom is -0.493 e. The molecule has 0 radical (unpaired) electrons. The summed E-state index contributed by atoms with van der Waals surface area (Å²) in [5, 5.41) is 7.99. The van der Waals surface area contributed by atoms with E-state index in [2.05, 4.69) is 15.6 Å². The zero-order valence-electron chi connectivity index (χ0n) is 17.0. The molecule has 0 aliphatic carbocycles. The fourth-order valence-electron chi connectivity index (χ4n) is 3.00. The minimum atomic E-state index is -0.408. The molecule has 2 amide bonds. The van der Waals surface area contributed by atoms with Crippen LogP contribution in [-0.4, -0.2) is 31.0 Å². The molecule has 2 aromatic carbocycles. The van der Waals surface area contributed by atoms with Crippen LogP contribution in [-0.2, 0) is 9.59 Å². The fraction of sp³-hybridized carbons (Fsp3) is 0.227. The second kappa shape index (κ2) is 9.89. The van der Waals surface area contributed by atoms with Gasteiger partial charge in [-0.25, -0.2) is 4.98 Å². The zero-order valence-corrected chi connectivity index (χ0v) is 17.8. The SMILES string of the molecule is COc1ccc(-c2csc(NC(=O)C[C@H](NC(C)=O)c3ccccc3)n2)cc1OC. The number of ether oxygens (including phenoxy) is 2. The highest BCUT2D eigenvalue weighted by Gasteiger charge is 2.18. The molecule has 3 aromatic rings. The topological polar surface area (TPSA) is 89.6 Å². The van der Waals surface area contributed by atoms with Gasteiger partial charge in [0.1, 0.15) is 0 Å². The molecule has 0 spiro atoms. The van der Waals surface area contributed by atoms with Gasteiger partial charge in [-0.15, -0.1) is 11.3 Å². The molecule has 0 aliphatic rings. The molecule has 30 heavy (non-hydrogen) atoms. The van der Waals surface area contributed by atoms with Crippen molar-refractivity contribution in [3.05, 3.63) is 59.5 Å². The first-order valence-electron chi connectivity index (χ1n) is 9.30. The molecule has 2 N–H and O–H groups in total. The second-order valence-electron chi connectivity index (χ2n) is 6.52. The number of carbonyl (C=O) groups is 2. The monoisotopic (exact) mass is 425 g/mol. The molecule has 0 fully saturated rings. The van der Waals surface area contributed by atoms with E-state index in [4.69, 9.17) is 9.47 Å². The summed E-state index contributed by atoms with van der Waals surface area (Å²) >= 11 is 1.33. The Hall–Kier alpha value is -3.39. The van der Waals surface area contributed by atoms with Crippen LogP contribution in [0, 0.1) is 0 Å². The molecule has 3 rings (SSSR count). The van der Waals surface area contributed by atoms with Crippen LogP contribution < -0.4 is 20.1 Å². The molecule has 0 bridgehead atoms. The van der Waals surface area contributed by atoms with Gasteiger partial charge in [0.15, 0.2) is 16.6 Å². The standard InChI is InChI=1S/C22H23N3O4S/c1-14(26)23-17(15-7-5-4-6-8-15)12-21(27)25-22-24-18(13-30-22)16-9-10-19(28-2)20(11-16)29-3/h4-11,13,17H,12H2,1-3H3,(H,23,26)(H,24,25,27)/t17-/m0/s1. The highest BCUT2D eigenvalue weighted by Crippen LogP contribution is 2.33. The van der Waals surface area contributed by atoms with Gasteiger partial charge >= 0.3 is 0 Å². The van der Waals surface area contributed by atoms with E-state index in [-0.39, 0.29) is 18.2 Å². The van der Waals surface area contributed by atoms with Crippen LogP contribution in [0.25, 0.3) is 11.3 Å². The number of amides is 2. The second-order valence-corrected chi connectivity index (χ2v) is 7.38. The maximum Gasteiger partial charge on any atom is 0.228 e. The molecule has 0 saturated carbocycles. The molecule has 8 heteroatoms. The summed E-state index contributed by atoms with van der Waals surface area (Å²) in [6.45, 7) is 1.43. The van der Waals surface area contributed by atoms with Crippen molar-refractivity contribution in [3.8, 4) is 22.8 Å². The predicted octanol–water partition coefficient (Wildman–Crippen LogP) is 4.03. The highest BCUT2D eigenvalue weighted by atomic mass is 32.1. The van der Waals surface area contributed by atoms with Gasteiger partial charge in [0.25, 0.3) is 0 Å². The number of hydrogen-bond acceptors (Lipinski definition) is 6. The number of nitrogens with one attached hydrogen (secondary N) is 2. The van der Waals surface area contributed by atoms with Gasteiger partial charge in [-0.05, 0) is 23.8 Å². The summed E-state index contributed by atoms with van der Waals surface area (Å²) in [5.41, 5.74) is 2.44. The molecule has 156 valence electrons. The van der Waals surface area contributed by atoms with Crippen LogP contribution >= 0.6 is 11.3 Å². The maximum absolute atomic E-state index is 12.6. The number of carbonyl (C=O) groups excluding carboxylic acids is 2.